The highest BCUT2D eigenvalue weighted by molar-refractivity contribution is 7.48. The minimum absolute atomic E-state index is 0.293. The van der Waals surface area contributed by atoms with Crippen molar-refractivity contribution in [2.75, 3.05) is 12.3 Å². The number of aromatic nitrogens is 3. The molecule has 0 radical (unpaired) electrons. The van der Waals surface area contributed by atoms with Gasteiger partial charge in [-0.2, -0.15) is 0 Å². The van der Waals surface area contributed by atoms with Gasteiger partial charge in [0.1, 0.15) is 35.6 Å². The summed E-state index contributed by atoms with van der Waals surface area (Å²) in [5.74, 6) is 0.293. The number of nitrogens with two attached hydrogens (primary N) is 1. The van der Waals surface area contributed by atoms with E-state index in [0.29, 0.717) is 23.3 Å². The van der Waals surface area contributed by atoms with Gasteiger partial charge in [-0.25, -0.2) is 14.5 Å². The number of rotatable bonds is 5. The van der Waals surface area contributed by atoms with Crippen LogP contribution in [0.5, 0.6) is 0 Å². The molecule has 11 nitrogen and oxygen atoms in total. The second kappa shape index (κ2) is 9.67. The number of benzene rings is 1. The van der Waals surface area contributed by atoms with Crippen molar-refractivity contribution in [1.29, 1.82) is 0 Å². The van der Waals surface area contributed by atoms with Crippen molar-refractivity contribution in [2.45, 2.75) is 81.2 Å². The summed E-state index contributed by atoms with van der Waals surface area (Å²) in [6.45, 7) is 1.16. The smallest absolute Gasteiger partial charge is 0.387 e. The Bertz CT molecular complexity index is 1340. The highest BCUT2D eigenvalue weighted by Gasteiger charge is 2.55. The molecule has 3 aromatic rings. The van der Waals surface area contributed by atoms with Crippen LogP contribution in [0.3, 0.4) is 0 Å². The summed E-state index contributed by atoms with van der Waals surface area (Å²) in [4.78, 5) is 8.25. The van der Waals surface area contributed by atoms with Crippen molar-refractivity contribution in [3.05, 3.63) is 54.5 Å². The zero-order valence-corrected chi connectivity index (χ0v) is 22.1. The number of aliphatic hydroxyl groups is 2. The average Bonchev–Trinajstić information content (AvgIpc) is 3.42. The Labute approximate surface area is 220 Å². The van der Waals surface area contributed by atoms with E-state index in [-0.39, 0.29) is 6.61 Å². The van der Waals surface area contributed by atoms with Crippen LogP contribution >= 0.6 is 7.82 Å². The molecule has 2 aliphatic heterocycles. The molecule has 3 fully saturated rings. The minimum Gasteiger partial charge on any atom is -0.387 e. The van der Waals surface area contributed by atoms with E-state index in [1.807, 2.05) is 30.3 Å². The summed E-state index contributed by atoms with van der Waals surface area (Å²) in [5, 5.41) is 22.8. The molecule has 1 spiro atoms. The van der Waals surface area contributed by atoms with E-state index in [0.717, 1.165) is 37.7 Å². The number of anilines is 1. The van der Waals surface area contributed by atoms with Gasteiger partial charge >= 0.3 is 7.82 Å². The van der Waals surface area contributed by atoms with E-state index < -0.39 is 43.6 Å². The first-order chi connectivity index (χ1) is 18.2. The summed E-state index contributed by atoms with van der Waals surface area (Å²) in [7, 11) is -4.03. The lowest BCUT2D eigenvalue weighted by molar-refractivity contribution is -0.104. The first-order valence-electron chi connectivity index (χ1n) is 13.0. The Balaban J connectivity index is 1.23. The van der Waals surface area contributed by atoms with Gasteiger partial charge in [0.2, 0.25) is 0 Å². The van der Waals surface area contributed by atoms with Crippen LogP contribution in [0.1, 0.15) is 63.3 Å². The number of ether oxygens (including phenoxy) is 1. The fourth-order valence-electron chi connectivity index (χ4n) is 5.94. The Morgan fingerprint density at radius 3 is 2.71 bits per heavy atom. The SMILES string of the molecule is C[C@@]1(O)[C@H](O)[C@@H](COP2(=O)O[C@H](c3ccccc3)CC3(CCCCC3)O2)O[C@H]1n1ccc2c(N)ncnc21. The molecule has 38 heavy (non-hydrogen) atoms. The van der Waals surface area contributed by atoms with Crippen LogP contribution in [0.15, 0.2) is 48.9 Å². The number of phosphoric acid groups is 1. The van der Waals surface area contributed by atoms with Crippen LogP contribution < -0.4 is 5.73 Å². The van der Waals surface area contributed by atoms with Gasteiger partial charge < -0.3 is 25.3 Å². The van der Waals surface area contributed by atoms with Crippen molar-refractivity contribution >= 4 is 24.7 Å². The summed E-state index contributed by atoms with van der Waals surface area (Å²) < 4.78 is 39.6. The third kappa shape index (κ3) is 4.56. The van der Waals surface area contributed by atoms with Gasteiger partial charge in [-0.3, -0.25) is 13.6 Å². The van der Waals surface area contributed by atoms with Gasteiger partial charge in [0.05, 0.1) is 23.7 Å². The summed E-state index contributed by atoms with van der Waals surface area (Å²) in [6, 6.07) is 11.4. The number of phosphoric ester groups is 1. The number of aliphatic hydroxyl groups excluding tert-OH is 1. The first-order valence-corrected chi connectivity index (χ1v) is 14.5. The number of fused-ring (bicyclic) bond motifs is 1. The third-order valence-electron chi connectivity index (χ3n) is 8.00. The van der Waals surface area contributed by atoms with E-state index >= 15 is 0 Å². The van der Waals surface area contributed by atoms with Gasteiger partial charge in [0.15, 0.2) is 6.23 Å². The fraction of sp³-hybridized carbons (Fsp3) is 0.538. The molecule has 0 bridgehead atoms. The largest absolute Gasteiger partial charge is 0.476 e. The van der Waals surface area contributed by atoms with E-state index in [1.165, 1.54) is 13.3 Å². The molecule has 4 N–H and O–H groups in total. The lowest BCUT2D eigenvalue weighted by atomic mass is 9.80. The molecule has 3 aliphatic rings. The monoisotopic (exact) mass is 544 g/mol. The van der Waals surface area contributed by atoms with Crippen LogP contribution in [0.2, 0.25) is 0 Å². The number of hydrogen-bond donors (Lipinski definition) is 3. The predicted octanol–water partition coefficient (Wildman–Crippen LogP) is 4.03. The molecular weight excluding hydrogens is 511 g/mol. The standard InChI is InChI=1S/C26H33N4O7P/c1-25(32)21(31)20(35-24(25)30-13-10-18-22(27)28-16-29-23(18)30)15-34-38(33)36-19(17-8-4-2-5-9-17)14-26(37-38)11-6-3-7-12-26/h2,4-5,8-10,13,16,19-21,24,31-32H,3,6-7,11-12,14-15H2,1H3,(H2,27,28,29)/t19-,20+,21+,24+,25+,38?/m0/s1. The Morgan fingerprint density at radius 1 is 1.18 bits per heavy atom. The van der Waals surface area contributed by atoms with Crippen LogP contribution in [0.4, 0.5) is 5.82 Å². The topological polar surface area (TPSA) is 151 Å². The molecule has 6 rings (SSSR count). The molecule has 2 aromatic heterocycles. The van der Waals surface area contributed by atoms with Gasteiger partial charge in [0.25, 0.3) is 0 Å². The lowest BCUT2D eigenvalue weighted by Gasteiger charge is -2.45. The maximum atomic E-state index is 13.9. The van der Waals surface area contributed by atoms with Crippen LogP contribution in [0.25, 0.3) is 11.0 Å². The Kier molecular flexibility index (Phi) is 6.59. The van der Waals surface area contributed by atoms with Crippen LogP contribution in [-0.4, -0.2) is 54.8 Å². The molecule has 1 unspecified atom stereocenters. The molecule has 1 aromatic carbocycles. The maximum absolute atomic E-state index is 13.9. The molecule has 2 saturated heterocycles. The van der Waals surface area contributed by atoms with Crippen LogP contribution in [-0.2, 0) is 22.9 Å². The summed E-state index contributed by atoms with van der Waals surface area (Å²) >= 11 is 0. The van der Waals surface area contributed by atoms with Crippen molar-refractivity contribution in [3.63, 3.8) is 0 Å². The third-order valence-corrected chi connectivity index (χ3v) is 9.59. The van der Waals surface area contributed by atoms with Gasteiger partial charge in [-0.1, -0.05) is 49.6 Å². The molecular formula is C26H33N4O7P. The normalized spacial score (nSPS) is 35.1. The Morgan fingerprint density at radius 2 is 1.95 bits per heavy atom. The Hall–Kier alpha value is -2.37. The van der Waals surface area contributed by atoms with Gasteiger partial charge in [-0.15, -0.1) is 0 Å². The second-order valence-electron chi connectivity index (χ2n) is 10.7. The van der Waals surface area contributed by atoms with E-state index in [2.05, 4.69) is 9.97 Å². The van der Waals surface area contributed by atoms with Crippen molar-refractivity contribution in [3.8, 4) is 0 Å². The van der Waals surface area contributed by atoms with Crippen molar-refractivity contribution in [2.24, 2.45) is 0 Å². The molecule has 12 heteroatoms. The molecule has 6 atom stereocenters. The number of hydrogen-bond acceptors (Lipinski definition) is 10. The zero-order valence-electron chi connectivity index (χ0n) is 21.2. The van der Waals surface area contributed by atoms with E-state index in [1.54, 1.807) is 16.8 Å². The highest BCUT2D eigenvalue weighted by Crippen LogP contribution is 2.64. The predicted molar refractivity (Wildman–Crippen MR) is 138 cm³/mol. The minimum atomic E-state index is -4.03. The van der Waals surface area contributed by atoms with Gasteiger partial charge in [-0.05, 0) is 31.4 Å². The average molecular weight is 545 g/mol. The molecule has 1 aliphatic carbocycles. The second-order valence-corrected chi connectivity index (χ2v) is 12.2. The maximum Gasteiger partial charge on any atom is 0.476 e. The molecule has 0 amide bonds. The zero-order chi connectivity index (χ0) is 26.5. The summed E-state index contributed by atoms with van der Waals surface area (Å²) in [5.41, 5.74) is 5.00. The number of nitrogens with zero attached hydrogens (tertiary/aromatic N) is 3. The molecule has 4 heterocycles. The van der Waals surface area contributed by atoms with Crippen molar-refractivity contribution < 1.29 is 33.1 Å². The highest BCUT2D eigenvalue weighted by atomic mass is 31.2. The van der Waals surface area contributed by atoms with Gasteiger partial charge in [0, 0.05) is 12.6 Å². The van der Waals surface area contributed by atoms with Crippen LogP contribution in [0, 0.1) is 0 Å². The fourth-order valence-corrected chi connectivity index (χ4v) is 7.67. The van der Waals surface area contributed by atoms with E-state index in [4.69, 9.17) is 24.0 Å². The number of nitrogen functional groups attached to an aromatic ring is 1. The van der Waals surface area contributed by atoms with Crippen molar-refractivity contribution in [1.82, 2.24) is 14.5 Å². The molecule has 1 saturated carbocycles. The van der Waals surface area contributed by atoms with E-state index in [9.17, 15) is 14.8 Å². The lowest BCUT2D eigenvalue weighted by Crippen LogP contribution is -2.44. The quantitative estimate of drug-likeness (QED) is 0.402. The molecule has 204 valence electrons. The summed E-state index contributed by atoms with van der Waals surface area (Å²) in [6.07, 6.45) is 4.38. The first kappa shape index (κ1) is 25.9.